The van der Waals surface area contributed by atoms with Crippen LogP contribution in [-0.2, 0) is 4.74 Å². The molecule has 0 aromatic carbocycles. The topological polar surface area (TPSA) is 15.7 Å². The summed E-state index contributed by atoms with van der Waals surface area (Å²) in [5, 5.41) is 0. The van der Waals surface area contributed by atoms with E-state index in [9.17, 15) is 0 Å². The van der Waals surface area contributed by atoms with Gasteiger partial charge in [0, 0.05) is 44.9 Å². The average molecular weight is 240 g/mol. The molecule has 0 spiro atoms. The van der Waals surface area contributed by atoms with E-state index >= 15 is 0 Å². The van der Waals surface area contributed by atoms with E-state index in [0.717, 1.165) is 19.1 Å². The quantitative estimate of drug-likeness (QED) is 0.748. The maximum absolute atomic E-state index is 5.58. The third kappa shape index (κ3) is 3.21. The first kappa shape index (κ1) is 13.3. The molecule has 100 valence electrons. The van der Waals surface area contributed by atoms with E-state index in [-0.39, 0.29) is 0 Å². The van der Waals surface area contributed by atoms with Crippen LogP contribution < -0.4 is 0 Å². The second-order valence-electron chi connectivity index (χ2n) is 6.23. The van der Waals surface area contributed by atoms with Crippen molar-refractivity contribution in [3.05, 3.63) is 0 Å². The number of rotatable bonds is 3. The minimum atomic E-state index is 0.438. The molecule has 0 unspecified atom stereocenters. The highest BCUT2D eigenvalue weighted by Gasteiger charge is 2.39. The van der Waals surface area contributed by atoms with Crippen molar-refractivity contribution in [3.8, 4) is 0 Å². The second kappa shape index (κ2) is 5.68. The summed E-state index contributed by atoms with van der Waals surface area (Å²) < 4.78 is 5.58. The molecule has 0 radical (unpaired) electrons. The Kier molecular flexibility index (Phi) is 4.45. The van der Waals surface area contributed by atoms with Crippen LogP contribution in [0.1, 0.15) is 33.1 Å². The molecule has 2 saturated heterocycles. The Balaban J connectivity index is 2.03. The maximum atomic E-state index is 5.58. The highest BCUT2D eigenvalue weighted by atomic mass is 16.5. The van der Waals surface area contributed by atoms with Gasteiger partial charge in [0.25, 0.3) is 0 Å². The Morgan fingerprint density at radius 3 is 2.18 bits per heavy atom. The molecule has 17 heavy (non-hydrogen) atoms. The predicted octanol–water partition coefficient (Wildman–Crippen LogP) is 1.83. The Bertz CT molecular complexity index is 228. The smallest absolute Gasteiger partial charge is 0.0483 e. The van der Waals surface area contributed by atoms with E-state index in [1.165, 1.54) is 45.4 Å². The number of nitrogens with zero attached hydrogens (tertiary/aromatic N) is 2. The Hall–Kier alpha value is -0.120. The molecule has 0 aromatic rings. The van der Waals surface area contributed by atoms with Crippen molar-refractivity contribution in [3.63, 3.8) is 0 Å². The Morgan fingerprint density at radius 1 is 1.06 bits per heavy atom. The highest BCUT2D eigenvalue weighted by molar-refractivity contribution is 4.95. The summed E-state index contributed by atoms with van der Waals surface area (Å²) in [6.07, 6.45) is 3.80. The van der Waals surface area contributed by atoms with Crippen LogP contribution in [0.2, 0.25) is 0 Å². The Morgan fingerprint density at radius 2 is 1.65 bits per heavy atom. The van der Waals surface area contributed by atoms with Crippen LogP contribution in [0, 0.1) is 5.92 Å². The molecule has 2 heterocycles. The molecule has 3 nitrogen and oxygen atoms in total. The summed E-state index contributed by atoms with van der Waals surface area (Å²) in [6, 6.07) is 0. The second-order valence-corrected chi connectivity index (χ2v) is 6.23. The maximum Gasteiger partial charge on any atom is 0.0483 e. The molecule has 2 aliphatic rings. The fourth-order valence-corrected chi connectivity index (χ4v) is 3.44. The lowest BCUT2D eigenvalue weighted by Crippen LogP contribution is -2.58. The zero-order valence-corrected chi connectivity index (χ0v) is 11.7. The molecule has 0 N–H and O–H groups in total. The fourth-order valence-electron chi connectivity index (χ4n) is 3.44. The third-order valence-corrected chi connectivity index (χ3v) is 4.39. The first-order valence-corrected chi connectivity index (χ1v) is 7.14. The number of likely N-dealkylation sites (N-methyl/N-ethyl adjacent to an activating group) is 1. The SMILES string of the molecule is CC(C)CC1(N2CCN(C)CC2)CCOCC1. The van der Waals surface area contributed by atoms with Gasteiger partial charge in [-0.3, -0.25) is 4.90 Å². The summed E-state index contributed by atoms with van der Waals surface area (Å²) in [7, 11) is 2.23. The molecular weight excluding hydrogens is 212 g/mol. The zero-order chi connectivity index (χ0) is 12.3. The zero-order valence-electron chi connectivity index (χ0n) is 11.7. The van der Waals surface area contributed by atoms with Gasteiger partial charge in [0.05, 0.1) is 0 Å². The van der Waals surface area contributed by atoms with Gasteiger partial charge < -0.3 is 9.64 Å². The van der Waals surface area contributed by atoms with E-state index < -0.39 is 0 Å². The predicted molar refractivity (Wildman–Crippen MR) is 71.3 cm³/mol. The van der Waals surface area contributed by atoms with Crippen molar-refractivity contribution in [2.75, 3.05) is 46.4 Å². The van der Waals surface area contributed by atoms with Crippen molar-refractivity contribution < 1.29 is 4.74 Å². The van der Waals surface area contributed by atoms with Gasteiger partial charge in [-0.2, -0.15) is 0 Å². The van der Waals surface area contributed by atoms with Crippen molar-refractivity contribution in [1.29, 1.82) is 0 Å². The monoisotopic (exact) mass is 240 g/mol. The van der Waals surface area contributed by atoms with Crippen molar-refractivity contribution >= 4 is 0 Å². The summed E-state index contributed by atoms with van der Waals surface area (Å²) >= 11 is 0. The van der Waals surface area contributed by atoms with E-state index in [2.05, 4.69) is 30.7 Å². The van der Waals surface area contributed by atoms with Gasteiger partial charge in [0.1, 0.15) is 0 Å². The normalized spacial score (nSPS) is 27.5. The van der Waals surface area contributed by atoms with E-state index in [1.54, 1.807) is 0 Å². The van der Waals surface area contributed by atoms with E-state index in [4.69, 9.17) is 4.74 Å². The number of piperazine rings is 1. The lowest BCUT2D eigenvalue weighted by molar-refractivity contribution is -0.0543. The van der Waals surface area contributed by atoms with Gasteiger partial charge in [-0.15, -0.1) is 0 Å². The molecule has 2 fully saturated rings. The van der Waals surface area contributed by atoms with Crippen LogP contribution in [0.5, 0.6) is 0 Å². The van der Waals surface area contributed by atoms with Crippen molar-refractivity contribution in [1.82, 2.24) is 9.80 Å². The largest absolute Gasteiger partial charge is 0.381 e. The summed E-state index contributed by atoms with van der Waals surface area (Å²) in [5.74, 6) is 0.785. The molecule has 0 aliphatic carbocycles. The number of hydrogen-bond acceptors (Lipinski definition) is 3. The molecule has 0 amide bonds. The molecule has 2 aliphatic heterocycles. The van der Waals surface area contributed by atoms with Gasteiger partial charge in [-0.05, 0) is 32.2 Å². The molecule has 2 rings (SSSR count). The molecule has 0 bridgehead atoms. The minimum Gasteiger partial charge on any atom is -0.381 e. The van der Waals surface area contributed by atoms with Crippen LogP contribution in [0.3, 0.4) is 0 Å². The molecule has 0 atom stereocenters. The average Bonchev–Trinajstić information content (AvgIpc) is 2.30. The molecule has 0 aromatic heterocycles. The fraction of sp³-hybridized carbons (Fsp3) is 1.00. The van der Waals surface area contributed by atoms with Gasteiger partial charge >= 0.3 is 0 Å². The molecule has 3 heteroatoms. The van der Waals surface area contributed by atoms with Gasteiger partial charge in [0.2, 0.25) is 0 Å². The minimum absolute atomic E-state index is 0.438. The Labute approximate surface area is 106 Å². The summed E-state index contributed by atoms with van der Waals surface area (Å²) in [4.78, 5) is 5.20. The van der Waals surface area contributed by atoms with Crippen LogP contribution in [0.15, 0.2) is 0 Å². The van der Waals surface area contributed by atoms with Gasteiger partial charge in [0.15, 0.2) is 0 Å². The van der Waals surface area contributed by atoms with E-state index in [1.807, 2.05) is 0 Å². The highest BCUT2D eigenvalue weighted by Crippen LogP contribution is 2.34. The van der Waals surface area contributed by atoms with Crippen molar-refractivity contribution in [2.45, 2.75) is 38.6 Å². The van der Waals surface area contributed by atoms with Crippen LogP contribution in [0.25, 0.3) is 0 Å². The van der Waals surface area contributed by atoms with Crippen LogP contribution in [0.4, 0.5) is 0 Å². The standard InChI is InChI=1S/C14H28N2O/c1-13(2)12-14(4-10-17-11-5-14)16-8-6-15(3)7-9-16/h13H,4-12H2,1-3H3. The van der Waals surface area contributed by atoms with Gasteiger partial charge in [-0.1, -0.05) is 13.8 Å². The van der Waals surface area contributed by atoms with Crippen molar-refractivity contribution in [2.24, 2.45) is 5.92 Å². The number of hydrogen-bond donors (Lipinski definition) is 0. The lowest BCUT2D eigenvalue weighted by Gasteiger charge is -2.50. The molecular formula is C14H28N2O. The number of ether oxygens (including phenoxy) is 1. The third-order valence-electron chi connectivity index (χ3n) is 4.39. The summed E-state index contributed by atoms with van der Waals surface area (Å²) in [6.45, 7) is 11.5. The first-order valence-electron chi connectivity index (χ1n) is 7.14. The van der Waals surface area contributed by atoms with Gasteiger partial charge in [-0.25, -0.2) is 0 Å². The summed E-state index contributed by atoms with van der Waals surface area (Å²) in [5.41, 5.74) is 0.438. The van der Waals surface area contributed by atoms with E-state index in [0.29, 0.717) is 5.54 Å². The molecule has 0 saturated carbocycles. The lowest BCUT2D eigenvalue weighted by atomic mass is 9.80. The van der Waals surface area contributed by atoms with Crippen LogP contribution >= 0.6 is 0 Å². The first-order chi connectivity index (χ1) is 8.12. The van der Waals surface area contributed by atoms with Crippen LogP contribution in [-0.4, -0.2) is 61.8 Å².